The number of carbonyl (C=O) groups is 2. The second-order valence-corrected chi connectivity index (χ2v) is 8.34. The van der Waals surface area contributed by atoms with Crippen molar-refractivity contribution in [3.8, 4) is 17.2 Å². The lowest BCUT2D eigenvalue weighted by Gasteiger charge is -2.21. The van der Waals surface area contributed by atoms with Gasteiger partial charge in [-0.1, -0.05) is 37.7 Å². The van der Waals surface area contributed by atoms with E-state index in [0.29, 0.717) is 33.2 Å². The molecule has 3 amide bonds. The number of imide groups is 1. The van der Waals surface area contributed by atoms with E-state index in [9.17, 15) is 14.4 Å². The maximum Gasteiger partial charge on any atom is 0.318 e. The van der Waals surface area contributed by atoms with E-state index in [1.165, 1.54) is 18.8 Å². The van der Waals surface area contributed by atoms with Crippen LogP contribution in [0.15, 0.2) is 52.4 Å². The fraction of sp³-hybridized carbons (Fsp3) is 0.273. The van der Waals surface area contributed by atoms with E-state index in [1.54, 1.807) is 42.5 Å². The fourth-order valence-electron chi connectivity index (χ4n) is 3.18. The lowest BCUT2D eigenvalue weighted by molar-refractivity contribution is -0.120. The molecular formula is C22H24N4O5S. The van der Waals surface area contributed by atoms with Crippen molar-refractivity contribution in [1.82, 2.24) is 14.9 Å². The summed E-state index contributed by atoms with van der Waals surface area (Å²) in [6.07, 6.45) is 0. The SMILES string of the molecule is COc1ccc(-n2c(SC(C(=O)NC(N)=O)C(C)C)nc3ccccc3c2=O)cc1OC. The molecule has 0 spiro atoms. The third-order valence-corrected chi connectivity index (χ3v) is 6.21. The quantitative estimate of drug-likeness (QED) is 0.413. The van der Waals surface area contributed by atoms with Crippen molar-refractivity contribution in [3.63, 3.8) is 0 Å². The lowest BCUT2D eigenvalue weighted by Crippen LogP contribution is -2.42. The summed E-state index contributed by atoms with van der Waals surface area (Å²) >= 11 is 1.08. The number of rotatable bonds is 7. The first kappa shape index (κ1) is 23.1. The van der Waals surface area contributed by atoms with E-state index in [4.69, 9.17) is 15.2 Å². The van der Waals surface area contributed by atoms with E-state index in [1.807, 2.05) is 13.8 Å². The zero-order valence-electron chi connectivity index (χ0n) is 18.1. The average molecular weight is 457 g/mol. The van der Waals surface area contributed by atoms with Gasteiger partial charge in [-0.05, 0) is 30.2 Å². The number of hydrogen-bond acceptors (Lipinski definition) is 7. The number of aromatic nitrogens is 2. The summed E-state index contributed by atoms with van der Waals surface area (Å²) in [5.41, 5.74) is 5.81. The molecule has 32 heavy (non-hydrogen) atoms. The van der Waals surface area contributed by atoms with E-state index >= 15 is 0 Å². The molecule has 0 aliphatic rings. The van der Waals surface area contributed by atoms with Gasteiger partial charge in [0, 0.05) is 6.07 Å². The Bertz CT molecular complexity index is 1220. The van der Waals surface area contributed by atoms with Crippen molar-refractivity contribution in [2.75, 3.05) is 14.2 Å². The number of carbonyl (C=O) groups excluding carboxylic acids is 2. The van der Waals surface area contributed by atoms with Gasteiger partial charge in [0.1, 0.15) is 0 Å². The van der Waals surface area contributed by atoms with Crippen molar-refractivity contribution >= 4 is 34.6 Å². The normalized spacial score (nSPS) is 11.9. The van der Waals surface area contributed by atoms with Crippen molar-refractivity contribution in [1.29, 1.82) is 0 Å². The molecule has 0 aliphatic heterocycles. The summed E-state index contributed by atoms with van der Waals surface area (Å²) in [6.45, 7) is 3.66. The Morgan fingerprint density at radius 3 is 2.41 bits per heavy atom. The topological polar surface area (TPSA) is 126 Å². The number of nitrogens with zero attached hydrogens (tertiary/aromatic N) is 2. The third-order valence-electron chi connectivity index (χ3n) is 4.71. The van der Waals surface area contributed by atoms with Gasteiger partial charge in [0.15, 0.2) is 16.7 Å². The number of ether oxygens (including phenoxy) is 2. The molecule has 1 heterocycles. The van der Waals surface area contributed by atoms with Crippen LogP contribution in [-0.4, -0.2) is 41.0 Å². The Hall–Kier alpha value is -3.53. The number of para-hydroxylation sites is 1. The zero-order chi connectivity index (χ0) is 23.4. The largest absolute Gasteiger partial charge is 0.493 e. The number of thioether (sulfide) groups is 1. The first-order chi connectivity index (χ1) is 15.3. The molecule has 1 atom stereocenters. The van der Waals surface area contributed by atoms with Gasteiger partial charge in [-0.15, -0.1) is 0 Å². The average Bonchev–Trinajstić information content (AvgIpc) is 2.76. The van der Waals surface area contributed by atoms with Crippen molar-refractivity contribution in [3.05, 3.63) is 52.8 Å². The number of fused-ring (bicyclic) bond motifs is 1. The van der Waals surface area contributed by atoms with Gasteiger partial charge in [-0.2, -0.15) is 0 Å². The molecule has 0 fully saturated rings. The summed E-state index contributed by atoms with van der Waals surface area (Å²) < 4.78 is 12.1. The van der Waals surface area contributed by atoms with Crippen LogP contribution in [0.3, 0.4) is 0 Å². The number of hydrogen-bond donors (Lipinski definition) is 2. The number of methoxy groups -OCH3 is 2. The van der Waals surface area contributed by atoms with Gasteiger partial charge in [0.25, 0.3) is 5.56 Å². The van der Waals surface area contributed by atoms with Crippen LogP contribution in [-0.2, 0) is 4.79 Å². The van der Waals surface area contributed by atoms with E-state index in [-0.39, 0.29) is 11.5 Å². The van der Waals surface area contributed by atoms with Crippen LogP contribution < -0.4 is 26.1 Å². The highest BCUT2D eigenvalue weighted by molar-refractivity contribution is 8.00. The molecule has 0 radical (unpaired) electrons. The minimum atomic E-state index is -0.940. The number of nitrogens with one attached hydrogen (secondary N) is 1. The standard InChI is InChI=1S/C22H24N4O5S/c1-12(2)18(19(27)25-21(23)29)32-22-24-15-8-6-5-7-14(15)20(28)26(22)13-9-10-16(30-3)17(11-13)31-4/h5-12,18H,1-4H3,(H3,23,25,27,29). The molecule has 9 nitrogen and oxygen atoms in total. The minimum absolute atomic E-state index is 0.179. The highest BCUT2D eigenvalue weighted by Gasteiger charge is 2.27. The first-order valence-electron chi connectivity index (χ1n) is 9.78. The summed E-state index contributed by atoms with van der Waals surface area (Å²) in [5.74, 6) is 0.210. The molecule has 0 aliphatic carbocycles. The molecule has 0 saturated heterocycles. The van der Waals surface area contributed by atoms with Gasteiger partial charge in [0.05, 0.1) is 36.1 Å². The number of amides is 3. The maximum atomic E-state index is 13.5. The molecule has 0 bridgehead atoms. The first-order valence-corrected chi connectivity index (χ1v) is 10.7. The Kier molecular flexibility index (Phi) is 7.04. The highest BCUT2D eigenvalue weighted by Crippen LogP contribution is 2.33. The molecule has 10 heteroatoms. The van der Waals surface area contributed by atoms with Gasteiger partial charge >= 0.3 is 6.03 Å². The van der Waals surface area contributed by atoms with Gasteiger partial charge < -0.3 is 15.2 Å². The summed E-state index contributed by atoms with van der Waals surface area (Å²) in [7, 11) is 3.02. The Labute approximate surface area is 188 Å². The Morgan fingerprint density at radius 2 is 1.78 bits per heavy atom. The Balaban J connectivity index is 2.22. The molecule has 168 valence electrons. The summed E-state index contributed by atoms with van der Waals surface area (Å²) in [6, 6.07) is 11.1. The van der Waals surface area contributed by atoms with Crippen LogP contribution in [0.4, 0.5) is 4.79 Å². The monoisotopic (exact) mass is 456 g/mol. The lowest BCUT2D eigenvalue weighted by atomic mass is 10.1. The van der Waals surface area contributed by atoms with E-state index in [0.717, 1.165) is 11.8 Å². The molecule has 2 aromatic carbocycles. The van der Waals surface area contributed by atoms with Gasteiger partial charge in [-0.25, -0.2) is 9.78 Å². The van der Waals surface area contributed by atoms with Gasteiger partial charge in [0.2, 0.25) is 5.91 Å². The fourth-order valence-corrected chi connectivity index (χ4v) is 4.29. The second-order valence-electron chi connectivity index (χ2n) is 7.23. The third kappa shape index (κ3) is 4.70. The second kappa shape index (κ2) is 9.73. The molecule has 1 aromatic heterocycles. The van der Waals surface area contributed by atoms with Crippen LogP contribution in [0, 0.1) is 5.92 Å². The van der Waals surface area contributed by atoms with Crippen LogP contribution in [0.2, 0.25) is 0 Å². The molecule has 3 N–H and O–H groups in total. The van der Waals surface area contributed by atoms with Crippen LogP contribution in [0.5, 0.6) is 11.5 Å². The molecule has 0 saturated carbocycles. The predicted octanol–water partition coefficient (Wildman–Crippen LogP) is 2.71. The van der Waals surface area contributed by atoms with Crippen molar-refractivity contribution in [2.24, 2.45) is 11.7 Å². The number of nitrogens with two attached hydrogens (primary N) is 1. The molecule has 3 aromatic rings. The zero-order valence-corrected chi connectivity index (χ0v) is 18.9. The van der Waals surface area contributed by atoms with Crippen LogP contribution in [0.1, 0.15) is 13.8 Å². The maximum absolute atomic E-state index is 13.5. The Morgan fingerprint density at radius 1 is 1.09 bits per heavy atom. The number of primary amides is 1. The van der Waals surface area contributed by atoms with Gasteiger partial charge in [-0.3, -0.25) is 19.5 Å². The minimum Gasteiger partial charge on any atom is -0.493 e. The van der Waals surface area contributed by atoms with Crippen molar-refractivity contribution < 1.29 is 19.1 Å². The molecular weight excluding hydrogens is 432 g/mol. The molecule has 1 unspecified atom stereocenters. The van der Waals surface area contributed by atoms with E-state index in [2.05, 4.69) is 10.3 Å². The van der Waals surface area contributed by atoms with E-state index < -0.39 is 17.2 Å². The highest BCUT2D eigenvalue weighted by atomic mass is 32.2. The number of urea groups is 1. The number of benzene rings is 2. The van der Waals surface area contributed by atoms with Crippen molar-refractivity contribution in [2.45, 2.75) is 24.3 Å². The molecule has 3 rings (SSSR count). The van der Waals surface area contributed by atoms with Crippen LogP contribution in [0.25, 0.3) is 16.6 Å². The predicted molar refractivity (Wildman–Crippen MR) is 123 cm³/mol. The van der Waals surface area contributed by atoms with Crippen LogP contribution >= 0.6 is 11.8 Å². The summed E-state index contributed by atoms with van der Waals surface area (Å²) in [4.78, 5) is 41.9. The smallest absolute Gasteiger partial charge is 0.318 e. The summed E-state index contributed by atoms with van der Waals surface area (Å²) in [5, 5.41) is 2.11.